The number of unbranched alkanes of at least 4 members (excludes halogenated alkanes) is 18. The van der Waals surface area contributed by atoms with Gasteiger partial charge in [0, 0.05) is 11.1 Å². The van der Waals surface area contributed by atoms with Crippen molar-refractivity contribution in [3.05, 3.63) is 65.6 Å². The number of ether oxygens (including phenoxy) is 2. The molecule has 1 N–H and O–H groups in total. The van der Waals surface area contributed by atoms with Crippen LogP contribution < -0.4 is 49.5 Å². The minimum Gasteiger partial charge on any atom is -0.876 e. The summed E-state index contributed by atoms with van der Waals surface area (Å²) in [5, 5.41) is 14.6. The average molecular weight is 655 g/mol. The van der Waals surface area contributed by atoms with Gasteiger partial charge in [-0.25, -0.2) is 4.99 Å². The van der Waals surface area contributed by atoms with Crippen LogP contribution in [0.25, 0.3) is 0 Å². The molecule has 0 fully saturated rings. The molecule has 47 heavy (non-hydrogen) atoms. The summed E-state index contributed by atoms with van der Waals surface area (Å²) in [7, 11) is 0. The third-order valence-electron chi connectivity index (χ3n) is 8.73. The van der Waals surface area contributed by atoms with Crippen LogP contribution in [0.15, 0.2) is 59.4 Å². The van der Waals surface area contributed by atoms with Crippen LogP contribution >= 0.6 is 0 Å². The molecule has 1 amide bonds. The van der Waals surface area contributed by atoms with Crippen LogP contribution in [0.2, 0.25) is 0 Å². The second kappa shape index (κ2) is 25.7. The zero-order valence-electron chi connectivity index (χ0n) is 29.8. The molecule has 0 atom stereocenters. The van der Waals surface area contributed by atoms with E-state index in [-0.39, 0.29) is 35.3 Å². The first-order valence-electron chi connectivity index (χ1n) is 18.4. The average Bonchev–Trinajstić information content (AvgIpc) is 3.21. The van der Waals surface area contributed by atoms with E-state index >= 15 is 0 Å². The van der Waals surface area contributed by atoms with Crippen LogP contribution in [0.4, 0.5) is 5.69 Å². The zero-order valence-corrected chi connectivity index (χ0v) is 31.8. The zero-order chi connectivity index (χ0) is 32.7. The number of anilines is 1. The molecule has 0 aliphatic carbocycles. The summed E-state index contributed by atoms with van der Waals surface area (Å²) < 4.78 is 12.1. The molecule has 2 aromatic carbocycles. The third-order valence-corrected chi connectivity index (χ3v) is 8.73. The molecule has 0 radical (unpaired) electrons. The maximum absolute atomic E-state index is 12.7. The van der Waals surface area contributed by atoms with Crippen molar-refractivity contribution in [2.24, 2.45) is 4.99 Å². The van der Waals surface area contributed by atoms with E-state index in [1.807, 2.05) is 42.5 Å². The summed E-state index contributed by atoms with van der Waals surface area (Å²) in [6, 6.07) is 13.3. The van der Waals surface area contributed by atoms with Crippen molar-refractivity contribution in [3.63, 3.8) is 0 Å². The Kier molecular flexibility index (Phi) is 22.4. The van der Waals surface area contributed by atoms with Gasteiger partial charge in [-0.05, 0) is 55.3 Å². The predicted octanol–water partition coefficient (Wildman–Crippen LogP) is 7.28. The number of benzene rings is 2. The molecule has 1 aliphatic heterocycles. The third kappa shape index (κ3) is 16.1. The van der Waals surface area contributed by atoms with Crippen LogP contribution in [0.3, 0.4) is 0 Å². The topological polar surface area (TPSA) is 83.0 Å². The predicted molar refractivity (Wildman–Crippen MR) is 190 cm³/mol. The van der Waals surface area contributed by atoms with E-state index in [0.717, 1.165) is 41.9 Å². The second-order valence-electron chi connectivity index (χ2n) is 12.7. The molecule has 0 bridgehead atoms. The summed E-state index contributed by atoms with van der Waals surface area (Å²) in [5.41, 5.74) is 2.54. The molecule has 1 heterocycles. The molecule has 0 unspecified atom stereocenters. The number of carbonyl (C=O) groups is 1. The number of benzodiazepines with no additional fused rings is 1. The SMILES string of the molecule is CCCCCCCCCCCCOc1ccc(C2=N/C(=C/[O-])C(=O)Nc3ccc(OCCCCCCCCCCCC)cc32)cc1.[Na+]. The molecule has 3 rings (SSSR count). The molecule has 6 nitrogen and oxygen atoms in total. The monoisotopic (exact) mass is 654 g/mol. The van der Waals surface area contributed by atoms with Gasteiger partial charge < -0.3 is 19.9 Å². The van der Waals surface area contributed by atoms with Crippen molar-refractivity contribution in [1.29, 1.82) is 0 Å². The maximum Gasteiger partial charge on any atom is 1.00 e. The van der Waals surface area contributed by atoms with Gasteiger partial charge in [0.05, 0.1) is 24.6 Å². The Bertz CT molecular complexity index is 1200. The molecular weight excluding hydrogens is 595 g/mol. The number of amides is 1. The number of nitrogens with one attached hydrogen (secondary N) is 1. The Morgan fingerprint density at radius 2 is 1.09 bits per heavy atom. The van der Waals surface area contributed by atoms with Crippen molar-refractivity contribution in [1.82, 2.24) is 0 Å². The number of fused-ring (bicyclic) bond motifs is 1. The van der Waals surface area contributed by atoms with Crippen LogP contribution in [-0.4, -0.2) is 24.8 Å². The van der Waals surface area contributed by atoms with Crippen molar-refractivity contribution < 1.29 is 48.9 Å². The number of rotatable bonds is 25. The van der Waals surface area contributed by atoms with Crippen LogP contribution in [0.5, 0.6) is 11.5 Å². The van der Waals surface area contributed by atoms with Crippen LogP contribution in [-0.2, 0) is 4.79 Å². The molecule has 0 spiro atoms. The fraction of sp³-hybridized carbons (Fsp3) is 0.600. The minimum atomic E-state index is -0.512. The van der Waals surface area contributed by atoms with Crippen molar-refractivity contribution in [3.8, 4) is 11.5 Å². The van der Waals surface area contributed by atoms with E-state index in [2.05, 4.69) is 24.2 Å². The molecular formula is C40H59N2NaO4. The fourth-order valence-electron chi connectivity index (χ4n) is 5.90. The quantitative estimate of drug-likeness (QED) is 0.0528. The van der Waals surface area contributed by atoms with Gasteiger partial charge in [-0.3, -0.25) is 4.79 Å². The van der Waals surface area contributed by atoms with Gasteiger partial charge in [0.1, 0.15) is 17.2 Å². The van der Waals surface area contributed by atoms with E-state index in [1.54, 1.807) is 0 Å². The van der Waals surface area contributed by atoms with Gasteiger partial charge in [0.2, 0.25) is 0 Å². The Morgan fingerprint density at radius 3 is 1.57 bits per heavy atom. The summed E-state index contributed by atoms with van der Waals surface area (Å²) >= 11 is 0. The summed E-state index contributed by atoms with van der Waals surface area (Å²) in [5.74, 6) is 1.01. The largest absolute Gasteiger partial charge is 1.00 e. The molecule has 0 saturated heterocycles. The molecule has 0 aromatic heterocycles. The fourth-order valence-corrected chi connectivity index (χ4v) is 5.90. The Labute approximate surface area is 307 Å². The number of nitrogens with zero attached hydrogens (tertiary/aromatic N) is 1. The van der Waals surface area contributed by atoms with E-state index in [1.165, 1.54) is 109 Å². The van der Waals surface area contributed by atoms with Gasteiger partial charge in [-0.2, -0.15) is 0 Å². The van der Waals surface area contributed by atoms with Gasteiger partial charge in [0.25, 0.3) is 5.91 Å². The summed E-state index contributed by atoms with van der Waals surface area (Å²) in [6.07, 6.45) is 26.2. The first kappa shape index (κ1) is 40.9. The number of aliphatic imine (C=N–C) groups is 1. The Morgan fingerprint density at radius 1 is 0.638 bits per heavy atom. The van der Waals surface area contributed by atoms with Gasteiger partial charge in [-0.1, -0.05) is 129 Å². The number of hydrogen-bond donors (Lipinski definition) is 1. The van der Waals surface area contributed by atoms with Crippen molar-refractivity contribution in [2.75, 3.05) is 18.5 Å². The molecule has 1 aliphatic rings. The molecule has 0 saturated carbocycles. The smallest absolute Gasteiger partial charge is 0.876 e. The summed E-state index contributed by atoms with van der Waals surface area (Å²) in [6.45, 7) is 5.86. The van der Waals surface area contributed by atoms with E-state index in [9.17, 15) is 9.90 Å². The van der Waals surface area contributed by atoms with E-state index in [4.69, 9.17) is 9.47 Å². The van der Waals surface area contributed by atoms with Gasteiger partial charge in [0.15, 0.2) is 0 Å². The molecule has 2 aromatic rings. The minimum absolute atomic E-state index is 0. The number of carbonyl (C=O) groups excluding carboxylic acids is 1. The van der Waals surface area contributed by atoms with Crippen molar-refractivity contribution >= 4 is 17.3 Å². The first-order valence-corrected chi connectivity index (χ1v) is 18.4. The Hall–Kier alpha value is -2.28. The first-order chi connectivity index (χ1) is 22.7. The van der Waals surface area contributed by atoms with Crippen LogP contribution in [0.1, 0.15) is 153 Å². The van der Waals surface area contributed by atoms with Gasteiger partial charge in [-0.15, -0.1) is 6.26 Å². The van der Waals surface area contributed by atoms with Gasteiger partial charge >= 0.3 is 29.6 Å². The normalized spacial score (nSPS) is 13.4. The van der Waals surface area contributed by atoms with E-state index < -0.39 is 5.91 Å². The maximum atomic E-state index is 12.7. The van der Waals surface area contributed by atoms with Crippen molar-refractivity contribution in [2.45, 2.75) is 142 Å². The number of hydrogen-bond acceptors (Lipinski definition) is 5. The summed E-state index contributed by atoms with van der Waals surface area (Å²) in [4.78, 5) is 17.2. The molecule has 254 valence electrons. The van der Waals surface area contributed by atoms with Crippen LogP contribution in [0, 0.1) is 0 Å². The Balaban J connectivity index is 0.00000768. The van der Waals surface area contributed by atoms with E-state index in [0.29, 0.717) is 30.9 Å². The second-order valence-corrected chi connectivity index (χ2v) is 12.7. The standard InChI is InChI=1S/C40H60N2O4.Na/c1-3-5-7-9-11-13-15-17-19-21-29-45-34-25-23-33(24-26-34)39-36-31-35(27-28-37(36)42-40(44)38(32-43)41-39)46-30-22-20-18-16-14-12-10-8-6-4-2;/h23-28,31-32,43H,3-22,29-30H2,1-2H3,(H,42,44);/q;+1/p-1/b38-32+;. The molecule has 7 heteroatoms.